The number of Topliss-reactive ketones (excluding diaryl/α,β-unsaturated/α-hetero) is 1. The fourth-order valence-corrected chi connectivity index (χ4v) is 12.8. The highest BCUT2D eigenvalue weighted by atomic mass is 35.5. The van der Waals surface area contributed by atoms with Crippen LogP contribution in [-0.4, -0.2) is 105 Å². The summed E-state index contributed by atoms with van der Waals surface area (Å²) in [6, 6.07) is 27.2. The molecular formula is C59H50Cl4N4O13S2. The van der Waals surface area contributed by atoms with Crippen molar-refractivity contribution in [3.05, 3.63) is 197 Å². The summed E-state index contributed by atoms with van der Waals surface area (Å²) in [4.78, 5) is 80.9. The Labute approximate surface area is 490 Å². The number of carbonyl (C=O) groups is 6. The number of fused-ring (bicyclic) bond motifs is 4. The van der Waals surface area contributed by atoms with E-state index in [4.69, 9.17) is 55.2 Å². The molecule has 23 heteroatoms. The standard InChI is InChI=1S/C30H26Cl2N2O6S.C29H24Cl2N2O7S/c1-17(35)25(13-18-4-3-5-22(12-18)41(2,38)39)33-29(36)27-24(31)14-21-16-34(10-8-23(21)28(27)32)30(37)20-7-6-19-9-11-40-26(19)15-20;1-41(38,39)20-4-2-3-16(11-20)12-23(29(36)37)32-27(34)25-22(30)13-19-15-33(9-7-21(19)26(25)31)28(35)18-6-5-17-8-10-40-24(17)14-18/h3-7,9,11-12,14-15,25H,8,10,13,16H2,1-2H3,(H,33,36);2-6,8,10-11,13-14,23H,7,9,12,15H2,1H3,(H,32,34)(H,36,37)/t25-;23-/m00/s1. The Morgan fingerprint density at radius 2 is 0.988 bits per heavy atom. The lowest BCUT2D eigenvalue weighted by Gasteiger charge is -2.30. The largest absolute Gasteiger partial charge is 0.480 e. The van der Waals surface area contributed by atoms with Gasteiger partial charge in [-0.25, -0.2) is 21.6 Å². The van der Waals surface area contributed by atoms with E-state index in [0.29, 0.717) is 76.0 Å². The number of aliphatic carboxylic acids is 1. The summed E-state index contributed by atoms with van der Waals surface area (Å²) in [5.41, 5.74) is 5.97. The summed E-state index contributed by atoms with van der Waals surface area (Å²) in [5.74, 6) is -3.36. The van der Waals surface area contributed by atoms with Gasteiger partial charge in [-0.2, -0.15) is 0 Å². The summed E-state index contributed by atoms with van der Waals surface area (Å²) < 4.78 is 58.5. The van der Waals surface area contributed by atoms with E-state index in [1.165, 1.54) is 37.3 Å². The smallest absolute Gasteiger partial charge is 0.326 e. The summed E-state index contributed by atoms with van der Waals surface area (Å²) in [5, 5.41) is 17.1. The van der Waals surface area contributed by atoms with Gasteiger partial charge in [-0.05, 0) is 132 Å². The predicted molar refractivity (Wildman–Crippen MR) is 310 cm³/mol. The molecule has 2 aliphatic heterocycles. The Balaban J connectivity index is 0.000000198. The third-order valence-corrected chi connectivity index (χ3v) is 17.8. The summed E-state index contributed by atoms with van der Waals surface area (Å²) in [6.07, 6.45) is 5.99. The van der Waals surface area contributed by atoms with Crippen LogP contribution >= 0.6 is 46.4 Å². The highest BCUT2D eigenvalue weighted by Crippen LogP contribution is 2.37. The molecule has 2 aliphatic rings. The molecule has 0 spiro atoms. The first-order valence-electron chi connectivity index (χ1n) is 25.3. The molecule has 82 heavy (non-hydrogen) atoms. The number of carboxylic acids is 1. The normalized spacial score (nSPS) is 14.0. The van der Waals surface area contributed by atoms with Crippen molar-refractivity contribution < 1.29 is 59.5 Å². The fourth-order valence-electron chi connectivity index (χ4n) is 9.84. The van der Waals surface area contributed by atoms with Crippen LogP contribution in [0.15, 0.2) is 140 Å². The molecule has 0 bridgehead atoms. The number of hydrogen-bond donors (Lipinski definition) is 3. The van der Waals surface area contributed by atoms with Crippen LogP contribution in [0.3, 0.4) is 0 Å². The van der Waals surface area contributed by atoms with E-state index < -0.39 is 49.5 Å². The summed E-state index contributed by atoms with van der Waals surface area (Å²) >= 11 is 26.4. The topological polar surface area (TPSA) is 248 Å². The lowest BCUT2D eigenvalue weighted by Crippen LogP contribution is -2.42. The number of rotatable bonds is 14. The second kappa shape index (κ2) is 24.1. The third-order valence-electron chi connectivity index (χ3n) is 14.2. The molecule has 0 saturated heterocycles. The zero-order valence-corrected chi connectivity index (χ0v) is 48.6. The van der Waals surface area contributed by atoms with Gasteiger partial charge in [0.2, 0.25) is 0 Å². The molecule has 17 nitrogen and oxygen atoms in total. The number of nitrogens with one attached hydrogen (secondary N) is 2. The minimum atomic E-state index is -3.50. The molecule has 0 unspecified atom stereocenters. The number of nitrogens with zero attached hydrogens (tertiary/aromatic N) is 2. The number of benzene rings is 6. The van der Waals surface area contributed by atoms with E-state index in [9.17, 15) is 50.7 Å². The molecule has 10 rings (SSSR count). The number of amides is 4. The minimum absolute atomic E-state index is 0.0146. The van der Waals surface area contributed by atoms with Gasteiger partial charge >= 0.3 is 5.97 Å². The minimum Gasteiger partial charge on any atom is -0.480 e. The highest BCUT2D eigenvalue weighted by molar-refractivity contribution is 7.91. The number of ketones is 1. The van der Waals surface area contributed by atoms with Gasteiger partial charge in [-0.1, -0.05) is 82.8 Å². The van der Waals surface area contributed by atoms with E-state index in [1.807, 2.05) is 24.3 Å². The first kappa shape index (κ1) is 59.1. The van der Waals surface area contributed by atoms with Crippen LogP contribution in [0.25, 0.3) is 21.9 Å². The van der Waals surface area contributed by atoms with Crippen molar-refractivity contribution in [1.29, 1.82) is 0 Å². The maximum atomic E-state index is 13.3. The Kier molecular flexibility index (Phi) is 17.4. The number of hydrogen-bond acceptors (Lipinski definition) is 12. The van der Waals surface area contributed by atoms with Crippen molar-refractivity contribution in [2.75, 3.05) is 25.6 Å². The fraction of sp³-hybridized carbons (Fsp3) is 0.220. The molecular weight excluding hydrogens is 1180 g/mol. The molecule has 0 radical (unpaired) electrons. The third kappa shape index (κ3) is 13.0. The quantitative estimate of drug-likeness (QED) is 0.0918. The van der Waals surface area contributed by atoms with Crippen LogP contribution in [-0.2, 0) is 68.0 Å². The van der Waals surface area contributed by atoms with Gasteiger partial charge in [0.1, 0.15) is 17.2 Å². The Hall–Kier alpha value is -7.52. The Morgan fingerprint density at radius 3 is 1.39 bits per heavy atom. The molecule has 3 N–H and O–H groups in total. The van der Waals surface area contributed by atoms with Gasteiger partial charge in [-0.15, -0.1) is 0 Å². The van der Waals surface area contributed by atoms with E-state index in [0.717, 1.165) is 28.8 Å². The van der Waals surface area contributed by atoms with E-state index >= 15 is 0 Å². The Bertz CT molecular complexity index is 3900. The van der Waals surface area contributed by atoms with Crippen molar-refractivity contribution in [2.45, 2.75) is 67.6 Å². The van der Waals surface area contributed by atoms with E-state index in [-0.39, 0.29) is 84.5 Å². The first-order chi connectivity index (χ1) is 38.8. The second-order valence-electron chi connectivity index (χ2n) is 19.9. The summed E-state index contributed by atoms with van der Waals surface area (Å²) in [6.45, 7) is 2.56. The molecule has 2 aromatic heterocycles. The van der Waals surface area contributed by atoms with Crippen molar-refractivity contribution in [3.8, 4) is 0 Å². The SMILES string of the molecule is CC(=O)[C@H](Cc1cccc(S(C)(=O)=O)c1)NC(=O)c1c(Cl)cc2c(c1Cl)CCN(C(=O)c1ccc3ccoc3c1)C2.CS(=O)(=O)c1cccc(C[C@H](NC(=O)c2c(Cl)cc3c(c2Cl)CCN(C(=O)c2ccc4ccoc4c2)C3)C(=O)O)c1. The Morgan fingerprint density at radius 1 is 0.573 bits per heavy atom. The van der Waals surface area contributed by atoms with Crippen LogP contribution in [0.5, 0.6) is 0 Å². The number of furan rings is 2. The van der Waals surface area contributed by atoms with Gasteiger partial charge in [0.05, 0.1) is 59.6 Å². The van der Waals surface area contributed by atoms with Gasteiger partial charge in [0.25, 0.3) is 23.6 Å². The van der Waals surface area contributed by atoms with Crippen molar-refractivity contribution in [2.24, 2.45) is 0 Å². The number of halogens is 4. The maximum Gasteiger partial charge on any atom is 0.326 e. The van der Waals surface area contributed by atoms with Crippen molar-refractivity contribution in [3.63, 3.8) is 0 Å². The van der Waals surface area contributed by atoms with Crippen LogP contribution in [0.2, 0.25) is 20.1 Å². The molecule has 4 heterocycles. The molecule has 2 atom stereocenters. The monoisotopic (exact) mass is 1230 g/mol. The zero-order valence-electron chi connectivity index (χ0n) is 43.9. The lowest BCUT2D eigenvalue weighted by atomic mass is 9.95. The maximum absolute atomic E-state index is 13.3. The molecule has 4 amide bonds. The van der Waals surface area contributed by atoms with Gasteiger partial charge in [-0.3, -0.25) is 24.0 Å². The van der Waals surface area contributed by atoms with Crippen LogP contribution < -0.4 is 10.6 Å². The average molecular weight is 1230 g/mol. The highest BCUT2D eigenvalue weighted by Gasteiger charge is 2.32. The molecule has 6 aromatic carbocycles. The second-order valence-corrected chi connectivity index (χ2v) is 25.5. The van der Waals surface area contributed by atoms with Crippen LogP contribution in [0.4, 0.5) is 0 Å². The first-order valence-corrected chi connectivity index (χ1v) is 30.6. The van der Waals surface area contributed by atoms with Crippen LogP contribution in [0.1, 0.15) is 81.7 Å². The molecule has 424 valence electrons. The van der Waals surface area contributed by atoms with Gasteiger partial charge < -0.3 is 34.4 Å². The van der Waals surface area contributed by atoms with Crippen molar-refractivity contribution >= 4 is 123 Å². The zero-order chi connectivity index (χ0) is 58.9. The molecule has 8 aromatic rings. The predicted octanol–water partition coefficient (Wildman–Crippen LogP) is 10.0. The van der Waals surface area contributed by atoms with E-state index in [1.54, 1.807) is 76.9 Å². The average Bonchev–Trinajstić information content (AvgIpc) is 4.26. The van der Waals surface area contributed by atoms with Crippen molar-refractivity contribution in [1.82, 2.24) is 20.4 Å². The number of carbonyl (C=O) groups excluding carboxylic acids is 5. The lowest BCUT2D eigenvalue weighted by molar-refractivity contribution is -0.139. The van der Waals surface area contributed by atoms with Gasteiger partial charge in [0, 0.05) is 67.0 Å². The number of carboxylic acid groups (broad SMARTS) is 1. The number of sulfone groups is 2. The molecule has 0 saturated carbocycles. The van der Waals surface area contributed by atoms with Crippen LogP contribution in [0, 0.1) is 0 Å². The van der Waals surface area contributed by atoms with Gasteiger partial charge in [0.15, 0.2) is 25.5 Å². The summed E-state index contributed by atoms with van der Waals surface area (Å²) in [7, 11) is -6.93. The molecule has 0 aliphatic carbocycles. The van der Waals surface area contributed by atoms with E-state index in [2.05, 4.69) is 10.6 Å². The molecule has 0 fully saturated rings.